The Labute approximate surface area is 153 Å². The van der Waals surface area contributed by atoms with Crippen molar-refractivity contribution in [1.29, 1.82) is 0 Å². The topological polar surface area (TPSA) is 72.5 Å². The van der Waals surface area contributed by atoms with E-state index in [0.717, 1.165) is 19.3 Å². The van der Waals surface area contributed by atoms with Gasteiger partial charge < -0.3 is 10.1 Å². The SMILES string of the molecule is C[C@@H]1CCCC[C@@H]1NC(=O)[C@@H](C)OC(=O)CCC(=O)c1ccc(F)cc1. The average molecular weight is 363 g/mol. The fourth-order valence-corrected chi connectivity index (χ4v) is 3.14. The minimum Gasteiger partial charge on any atom is -0.453 e. The summed E-state index contributed by atoms with van der Waals surface area (Å²) < 4.78 is 18.0. The zero-order valence-corrected chi connectivity index (χ0v) is 15.3. The zero-order chi connectivity index (χ0) is 19.1. The molecule has 1 fully saturated rings. The summed E-state index contributed by atoms with van der Waals surface area (Å²) in [6.07, 6.45) is 3.25. The predicted octanol–water partition coefficient (Wildman–Crippen LogP) is 3.42. The molecule has 1 aromatic rings. The third-order valence-electron chi connectivity index (χ3n) is 4.84. The van der Waals surface area contributed by atoms with E-state index in [1.807, 2.05) is 0 Å². The van der Waals surface area contributed by atoms with Crippen LogP contribution in [-0.4, -0.2) is 29.8 Å². The number of hydrogen-bond donors (Lipinski definition) is 1. The Morgan fingerprint density at radius 3 is 2.46 bits per heavy atom. The lowest BCUT2D eigenvalue weighted by Gasteiger charge is -2.30. The van der Waals surface area contributed by atoms with Gasteiger partial charge in [-0.3, -0.25) is 14.4 Å². The van der Waals surface area contributed by atoms with Gasteiger partial charge in [-0.05, 0) is 49.9 Å². The van der Waals surface area contributed by atoms with Gasteiger partial charge in [0.25, 0.3) is 5.91 Å². The summed E-state index contributed by atoms with van der Waals surface area (Å²) in [6, 6.07) is 5.28. The van der Waals surface area contributed by atoms with E-state index in [9.17, 15) is 18.8 Å². The molecule has 1 aromatic carbocycles. The predicted molar refractivity (Wildman–Crippen MR) is 95.1 cm³/mol. The van der Waals surface area contributed by atoms with Crippen molar-refractivity contribution in [3.8, 4) is 0 Å². The van der Waals surface area contributed by atoms with Crippen molar-refractivity contribution in [3.63, 3.8) is 0 Å². The van der Waals surface area contributed by atoms with Crippen molar-refractivity contribution in [3.05, 3.63) is 35.6 Å². The normalized spacial score (nSPS) is 20.9. The van der Waals surface area contributed by atoms with Gasteiger partial charge in [0.05, 0.1) is 6.42 Å². The number of rotatable bonds is 7. The third-order valence-corrected chi connectivity index (χ3v) is 4.84. The van der Waals surface area contributed by atoms with Crippen LogP contribution in [0.4, 0.5) is 4.39 Å². The Morgan fingerprint density at radius 2 is 1.81 bits per heavy atom. The van der Waals surface area contributed by atoms with Crippen LogP contribution in [0, 0.1) is 11.7 Å². The number of ether oxygens (including phenoxy) is 1. The summed E-state index contributed by atoms with van der Waals surface area (Å²) in [4.78, 5) is 36.1. The number of hydrogen-bond acceptors (Lipinski definition) is 4. The number of amides is 1. The number of ketones is 1. The van der Waals surface area contributed by atoms with Gasteiger partial charge in [0.2, 0.25) is 0 Å². The highest BCUT2D eigenvalue weighted by Crippen LogP contribution is 2.23. The first-order valence-electron chi connectivity index (χ1n) is 9.15. The highest BCUT2D eigenvalue weighted by Gasteiger charge is 2.26. The molecule has 26 heavy (non-hydrogen) atoms. The maximum absolute atomic E-state index is 12.9. The van der Waals surface area contributed by atoms with Crippen LogP contribution < -0.4 is 5.32 Å². The molecule has 0 saturated heterocycles. The maximum atomic E-state index is 12.9. The summed E-state index contributed by atoms with van der Waals surface area (Å²) >= 11 is 0. The number of benzene rings is 1. The number of nitrogens with one attached hydrogen (secondary N) is 1. The molecule has 5 nitrogen and oxygen atoms in total. The van der Waals surface area contributed by atoms with Crippen molar-refractivity contribution in [1.82, 2.24) is 5.32 Å². The molecule has 0 aromatic heterocycles. The second-order valence-electron chi connectivity index (χ2n) is 6.94. The molecule has 1 aliphatic rings. The first-order chi connectivity index (χ1) is 12.4. The van der Waals surface area contributed by atoms with Gasteiger partial charge in [-0.25, -0.2) is 4.39 Å². The summed E-state index contributed by atoms with van der Waals surface area (Å²) in [6.45, 7) is 3.64. The second-order valence-corrected chi connectivity index (χ2v) is 6.94. The molecule has 0 unspecified atom stereocenters. The molecule has 0 aliphatic heterocycles. The molecule has 6 heteroatoms. The average Bonchev–Trinajstić information content (AvgIpc) is 2.62. The highest BCUT2D eigenvalue weighted by molar-refractivity contribution is 5.97. The summed E-state index contributed by atoms with van der Waals surface area (Å²) in [5.74, 6) is -1.17. The summed E-state index contributed by atoms with van der Waals surface area (Å²) in [7, 11) is 0. The van der Waals surface area contributed by atoms with Crippen LogP contribution in [0.15, 0.2) is 24.3 Å². The standard InChI is InChI=1S/C20H26FNO4/c1-13-5-3-4-6-17(13)22-20(25)14(2)26-19(24)12-11-18(23)15-7-9-16(21)10-8-15/h7-10,13-14,17H,3-6,11-12H2,1-2H3,(H,22,25)/t13-,14-,17+/m1/s1. The van der Waals surface area contributed by atoms with Crippen LogP contribution in [0.1, 0.15) is 62.7 Å². The van der Waals surface area contributed by atoms with E-state index >= 15 is 0 Å². The fourth-order valence-electron chi connectivity index (χ4n) is 3.14. The van der Waals surface area contributed by atoms with Crippen LogP contribution in [0.2, 0.25) is 0 Å². The van der Waals surface area contributed by atoms with Crippen LogP contribution in [-0.2, 0) is 14.3 Å². The van der Waals surface area contributed by atoms with Crippen molar-refractivity contribution in [2.45, 2.75) is 64.5 Å². The van der Waals surface area contributed by atoms with Gasteiger partial charge in [0, 0.05) is 18.0 Å². The molecule has 142 valence electrons. The summed E-state index contributed by atoms with van der Waals surface area (Å²) in [5, 5.41) is 2.95. The molecule has 0 heterocycles. The molecular formula is C20H26FNO4. The Hall–Kier alpha value is -2.24. The van der Waals surface area contributed by atoms with Crippen molar-refractivity contribution in [2.75, 3.05) is 0 Å². The molecule has 0 spiro atoms. The third kappa shape index (κ3) is 5.93. The van der Waals surface area contributed by atoms with E-state index in [1.165, 1.54) is 37.6 Å². The zero-order valence-electron chi connectivity index (χ0n) is 15.3. The minimum absolute atomic E-state index is 0.0432. The van der Waals surface area contributed by atoms with Gasteiger partial charge in [-0.15, -0.1) is 0 Å². The van der Waals surface area contributed by atoms with Crippen LogP contribution >= 0.6 is 0 Å². The Bertz CT molecular complexity index is 644. The van der Waals surface area contributed by atoms with Gasteiger partial charge in [-0.1, -0.05) is 19.8 Å². The molecule has 1 saturated carbocycles. The first-order valence-corrected chi connectivity index (χ1v) is 9.15. The van der Waals surface area contributed by atoms with Gasteiger partial charge >= 0.3 is 5.97 Å². The van der Waals surface area contributed by atoms with Crippen molar-refractivity contribution < 1.29 is 23.5 Å². The van der Waals surface area contributed by atoms with Gasteiger partial charge in [-0.2, -0.15) is 0 Å². The Morgan fingerprint density at radius 1 is 1.15 bits per heavy atom. The molecule has 1 aliphatic carbocycles. The van der Waals surface area contributed by atoms with Gasteiger partial charge in [0.1, 0.15) is 5.82 Å². The Kier molecular flexibility index (Phi) is 7.30. The van der Waals surface area contributed by atoms with E-state index in [2.05, 4.69) is 12.2 Å². The molecule has 1 amide bonds. The highest BCUT2D eigenvalue weighted by atomic mass is 19.1. The van der Waals surface area contributed by atoms with Gasteiger partial charge in [0.15, 0.2) is 11.9 Å². The molecule has 1 N–H and O–H groups in total. The molecule has 3 atom stereocenters. The maximum Gasteiger partial charge on any atom is 0.307 e. The molecular weight excluding hydrogens is 337 g/mol. The smallest absolute Gasteiger partial charge is 0.307 e. The fraction of sp³-hybridized carbons (Fsp3) is 0.550. The largest absolute Gasteiger partial charge is 0.453 e. The van der Waals surface area contributed by atoms with Crippen LogP contribution in [0.5, 0.6) is 0 Å². The lowest BCUT2D eigenvalue weighted by Crippen LogP contribution is -2.46. The molecule has 0 bridgehead atoms. The lowest BCUT2D eigenvalue weighted by molar-refractivity contribution is -0.155. The number of carbonyl (C=O) groups is 3. The number of Topliss-reactive ketones (excluding diaryl/α,β-unsaturated/α-hetero) is 1. The minimum atomic E-state index is -0.891. The first kappa shape index (κ1) is 20.1. The van der Waals surface area contributed by atoms with E-state index in [0.29, 0.717) is 11.5 Å². The molecule has 2 rings (SSSR count). The Balaban J connectivity index is 1.74. The quantitative estimate of drug-likeness (QED) is 0.595. The van der Waals surface area contributed by atoms with Crippen LogP contribution in [0.25, 0.3) is 0 Å². The van der Waals surface area contributed by atoms with Crippen molar-refractivity contribution >= 4 is 17.7 Å². The molecule has 0 radical (unpaired) electrons. The number of esters is 1. The van der Waals surface area contributed by atoms with E-state index in [1.54, 1.807) is 0 Å². The van der Waals surface area contributed by atoms with Crippen molar-refractivity contribution in [2.24, 2.45) is 5.92 Å². The van der Waals surface area contributed by atoms with E-state index < -0.39 is 17.9 Å². The second kappa shape index (κ2) is 9.46. The summed E-state index contributed by atoms with van der Waals surface area (Å²) in [5.41, 5.74) is 0.344. The number of carbonyl (C=O) groups excluding carboxylic acids is 3. The van der Waals surface area contributed by atoms with E-state index in [-0.39, 0.29) is 30.6 Å². The van der Waals surface area contributed by atoms with Crippen LogP contribution in [0.3, 0.4) is 0 Å². The lowest BCUT2D eigenvalue weighted by atomic mass is 9.86. The van der Waals surface area contributed by atoms with E-state index in [4.69, 9.17) is 4.74 Å². The number of halogens is 1. The monoisotopic (exact) mass is 363 g/mol.